The maximum atomic E-state index is 13.6. The molecule has 39 heavy (non-hydrogen) atoms. The van der Waals surface area contributed by atoms with Crippen molar-refractivity contribution in [2.45, 2.75) is 51.2 Å². The van der Waals surface area contributed by atoms with Crippen molar-refractivity contribution in [3.8, 4) is 11.6 Å². The van der Waals surface area contributed by atoms with Crippen LogP contribution < -0.4 is 15.2 Å². The van der Waals surface area contributed by atoms with Crippen LogP contribution in [0.4, 0.5) is 23.2 Å². The highest BCUT2D eigenvalue weighted by Gasteiger charge is 2.36. The normalized spacial score (nSPS) is 17.7. The summed E-state index contributed by atoms with van der Waals surface area (Å²) in [6.07, 6.45) is -1.06. The summed E-state index contributed by atoms with van der Waals surface area (Å²) in [6.45, 7) is 0.998. The molecule has 0 bridgehead atoms. The minimum Gasteiger partial charge on any atom is -0.438 e. The number of fused-ring (bicyclic) bond motifs is 1. The summed E-state index contributed by atoms with van der Waals surface area (Å²) in [7, 11) is 1.42. The maximum absolute atomic E-state index is 13.6. The Morgan fingerprint density at radius 2 is 2.05 bits per heavy atom. The van der Waals surface area contributed by atoms with Gasteiger partial charge >= 0.3 is 6.18 Å². The lowest BCUT2D eigenvalue weighted by molar-refractivity contribution is -0.138. The molecule has 2 aliphatic heterocycles. The van der Waals surface area contributed by atoms with Gasteiger partial charge in [0.25, 0.3) is 5.56 Å². The zero-order valence-electron chi connectivity index (χ0n) is 20.8. The Kier molecular flexibility index (Phi) is 7.74. The molecule has 14 heteroatoms. The highest BCUT2D eigenvalue weighted by atomic mass is 35.5. The number of halogens is 5. The zero-order valence-corrected chi connectivity index (χ0v) is 21.6. The van der Waals surface area contributed by atoms with Crippen molar-refractivity contribution in [3.63, 3.8) is 0 Å². The van der Waals surface area contributed by atoms with Gasteiger partial charge in [-0.2, -0.15) is 27.9 Å². The molecule has 9 nitrogen and oxygen atoms in total. The molecule has 3 aromatic rings. The Morgan fingerprint density at radius 3 is 2.77 bits per heavy atom. The second-order valence-electron chi connectivity index (χ2n) is 9.13. The predicted molar refractivity (Wildman–Crippen MR) is 131 cm³/mol. The number of anilines is 1. The van der Waals surface area contributed by atoms with Gasteiger partial charge in [-0.05, 0) is 43.9 Å². The summed E-state index contributed by atoms with van der Waals surface area (Å²) in [6, 6.07) is 2.16. The number of aromatic nitrogens is 4. The molecule has 0 N–H and O–H groups in total. The molecule has 0 aliphatic carbocycles. The van der Waals surface area contributed by atoms with Gasteiger partial charge in [-0.1, -0.05) is 11.6 Å². The number of methoxy groups -OCH3 is 1. The molecule has 1 atom stereocenters. The third-order valence-electron chi connectivity index (χ3n) is 6.49. The zero-order chi connectivity index (χ0) is 27.7. The van der Waals surface area contributed by atoms with E-state index >= 15 is 0 Å². The molecule has 1 unspecified atom stereocenters. The minimum absolute atomic E-state index is 0.0219. The van der Waals surface area contributed by atoms with Gasteiger partial charge in [-0.15, -0.1) is 0 Å². The molecule has 208 valence electrons. The van der Waals surface area contributed by atoms with Crippen LogP contribution in [0.1, 0.15) is 48.1 Å². The smallest absolute Gasteiger partial charge is 0.420 e. The Bertz CT molecular complexity index is 1430. The molecule has 0 radical (unpaired) electrons. The third kappa shape index (κ3) is 5.70. The molecule has 0 amide bonds. The van der Waals surface area contributed by atoms with Crippen molar-refractivity contribution in [2.24, 2.45) is 0 Å². The lowest BCUT2D eigenvalue weighted by atomic mass is 10.1. The van der Waals surface area contributed by atoms with Crippen LogP contribution in [-0.4, -0.2) is 40.0 Å². The van der Waals surface area contributed by atoms with E-state index in [2.05, 4.69) is 15.1 Å². The molecule has 0 saturated carbocycles. The van der Waals surface area contributed by atoms with Crippen LogP contribution >= 0.6 is 11.6 Å². The second kappa shape index (κ2) is 11.1. The van der Waals surface area contributed by atoms with Crippen molar-refractivity contribution >= 4 is 17.3 Å². The molecule has 4 heterocycles. The van der Waals surface area contributed by atoms with Crippen LogP contribution in [0.15, 0.2) is 29.2 Å². The number of nitrogens with zero attached hydrogens (tertiary/aromatic N) is 5. The number of alkyl halides is 3. The molecular formula is C25H24ClF4N5O4. The third-order valence-corrected chi connectivity index (χ3v) is 6.85. The summed E-state index contributed by atoms with van der Waals surface area (Å²) in [5, 5.41) is 4.27. The molecular weight excluding hydrogens is 546 g/mol. The second-order valence-corrected chi connectivity index (χ2v) is 9.51. The van der Waals surface area contributed by atoms with E-state index in [-0.39, 0.29) is 36.3 Å². The number of rotatable bonds is 6. The molecule has 1 aromatic carbocycles. The van der Waals surface area contributed by atoms with E-state index in [0.29, 0.717) is 42.6 Å². The van der Waals surface area contributed by atoms with Gasteiger partial charge in [0.1, 0.15) is 28.8 Å². The van der Waals surface area contributed by atoms with E-state index in [0.717, 1.165) is 25.0 Å². The fraction of sp³-hybridized carbons (Fsp3) is 0.440. The van der Waals surface area contributed by atoms with Crippen molar-refractivity contribution in [1.29, 1.82) is 0 Å². The summed E-state index contributed by atoms with van der Waals surface area (Å²) < 4.78 is 72.0. The average molecular weight is 570 g/mol. The fourth-order valence-electron chi connectivity index (χ4n) is 4.62. The van der Waals surface area contributed by atoms with E-state index in [9.17, 15) is 22.4 Å². The van der Waals surface area contributed by atoms with Crippen LogP contribution in [0.25, 0.3) is 0 Å². The lowest BCUT2D eigenvalue weighted by Gasteiger charge is -2.31. The number of ether oxygens (including phenoxy) is 3. The van der Waals surface area contributed by atoms with Crippen molar-refractivity contribution in [3.05, 3.63) is 68.2 Å². The molecule has 0 spiro atoms. The lowest BCUT2D eigenvalue weighted by Crippen LogP contribution is -2.36. The van der Waals surface area contributed by atoms with Crippen molar-refractivity contribution in [1.82, 2.24) is 19.7 Å². The SMILES string of the molecule is COCc1nc2c(c(Oc3ccc(F)cc3C(F)(F)F)n1)CCN(c1cnn(C3CCCCO3)c(=O)c1Cl)C2. The van der Waals surface area contributed by atoms with Crippen LogP contribution in [0.5, 0.6) is 11.6 Å². The topological polar surface area (TPSA) is 91.6 Å². The largest absolute Gasteiger partial charge is 0.438 e. The van der Waals surface area contributed by atoms with Crippen LogP contribution in [0, 0.1) is 5.82 Å². The van der Waals surface area contributed by atoms with Gasteiger partial charge in [0.2, 0.25) is 5.88 Å². The molecule has 5 rings (SSSR count). The Labute approximate surface area is 225 Å². The van der Waals surface area contributed by atoms with Crippen LogP contribution in [0.2, 0.25) is 5.02 Å². The molecule has 1 saturated heterocycles. The quantitative estimate of drug-likeness (QED) is 0.381. The fourth-order valence-corrected chi connectivity index (χ4v) is 4.88. The van der Waals surface area contributed by atoms with E-state index in [1.807, 2.05) is 0 Å². The van der Waals surface area contributed by atoms with Crippen molar-refractivity contribution in [2.75, 3.05) is 25.2 Å². The van der Waals surface area contributed by atoms with Gasteiger partial charge in [-0.25, -0.2) is 9.37 Å². The van der Waals surface area contributed by atoms with E-state index < -0.39 is 35.1 Å². The van der Waals surface area contributed by atoms with Crippen LogP contribution in [-0.2, 0) is 35.2 Å². The van der Waals surface area contributed by atoms with Gasteiger partial charge in [0, 0.05) is 25.8 Å². The summed E-state index contributed by atoms with van der Waals surface area (Å²) in [5.41, 5.74) is -0.399. The first-order valence-corrected chi connectivity index (χ1v) is 12.6. The summed E-state index contributed by atoms with van der Waals surface area (Å²) in [5.74, 6) is -1.54. The number of hydrogen-bond acceptors (Lipinski definition) is 8. The van der Waals surface area contributed by atoms with E-state index in [4.69, 9.17) is 25.8 Å². The van der Waals surface area contributed by atoms with Crippen LogP contribution in [0.3, 0.4) is 0 Å². The van der Waals surface area contributed by atoms with Gasteiger partial charge in [0.15, 0.2) is 12.1 Å². The molecule has 1 fully saturated rings. The molecule has 2 aliphatic rings. The average Bonchev–Trinajstić information content (AvgIpc) is 2.91. The Balaban J connectivity index is 1.47. The number of hydrogen-bond donors (Lipinski definition) is 0. The first-order chi connectivity index (χ1) is 18.7. The summed E-state index contributed by atoms with van der Waals surface area (Å²) >= 11 is 6.49. The van der Waals surface area contributed by atoms with Gasteiger partial charge < -0.3 is 19.1 Å². The van der Waals surface area contributed by atoms with Gasteiger partial charge in [-0.3, -0.25) is 4.79 Å². The van der Waals surface area contributed by atoms with Gasteiger partial charge in [0.05, 0.1) is 24.1 Å². The summed E-state index contributed by atoms with van der Waals surface area (Å²) in [4.78, 5) is 23.6. The first kappa shape index (κ1) is 27.3. The monoisotopic (exact) mass is 569 g/mol. The number of benzene rings is 1. The predicted octanol–water partition coefficient (Wildman–Crippen LogP) is 5.05. The van der Waals surface area contributed by atoms with Crippen molar-refractivity contribution < 1.29 is 31.8 Å². The minimum atomic E-state index is -4.84. The highest BCUT2D eigenvalue weighted by molar-refractivity contribution is 6.33. The Hall–Kier alpha value is -3.29. The van der Waals surface area contributed by atoms with E-state index in [1.165, 1.54) is 18.0 Å². The first-order valence-electron chi connectivity index (χ1n) is 12.2. The molecule has 2 aromatic heterocycles. The highest BCUT2D eigenvalue weighted by Crippen LogP contribution is 2.40. The Morgan fingerprint density at radius 1 is 1.23 bits per heavy atom. The van der Waals surface area contributed by atoms with E-state index in [1.54, 1.807) is 4.90 Å². The standard InChI is InChI=1S/C25H24ClF4N5O4/c1-37-13-20-32-17-12-34(18-11-31-35(24(36)22(18)26)21-4-2-3-9-38-21)8-7-15(17)23(33-20)39-19-6-5-14(27)10-16(19)25(28,29)30/h5-6,10-11,21H,2-4,7-9,12-13H2,1H3. The maximum Gasteiger partial charge on any atom is 0.420 e.